The van der Waals surface area contributed by atoms with Crippen molar-refractivity contribution in [1.29, 1.82) is 0 Å². The van der Waals surface area contributed by atoms with Gasteiger partial charge < -0.3 is 4.90 Å². The van der Waals surface area contributed by atoms with E-state index < -0.39 is 5.69 Å². The third-order valence-corrected chi connectivity index (χ3v) is 4.87. The minimum Gasteiger partial charge on any atom is -0.341 e. The van der Waals surface area contributed by atoms with E-state index in [-0.39, 0.29) is 18.0 Å². The number of fused-ring (bicyclic) bond motifs is 1. The lowest BCUT2D eigenvalue weighted by Crippen LogP contribution is -2.43. The molecule has 1 aromatic carbocycles. The van der Waals surface area contributed by atoms with Crippen molar-refractivity contribution in [3.05, 3.63) is 45.1 Å². The number of hydrogen-bond donors (Lipinski definition) is 0. The Morgan fingerprint density at radius 3 is 2.44 bits per heavy atom. The van der Waals surface area contributed by atoms with Gasteiger partial charge in [-0.2, -0.15) is 0 Å². The summed E-state index contributed by atoms with van der Waals surface area (Å²) in [5.74, 6) is 0.287. The Kier molecular flexibility index (Phi) is 7.39. The Hall–Kier alpha value is -2.37. The maximum absolute atomic E-state index is 13.0. The molecule has 0 aliphatic heterocycles. The number of carbonyl (C=O) groups excluding carboxylic acids is 1. The summed E-state index contributed by atoms with van der Waals surface area (Å²) < 4.78 is 2.73. The largest absolute Gasteiger partial charge is 0.341 e. The zero-order valence-corrected chi connectivity index (χ0v) is 16.9. The summed E-state index contributed by atoms with van der Waals surface area (Å²) in [4.78, 5) is 40.4. The van der Waals surface area contributed by atoms with Crippen molar-refractivity contribution in [1.82, 2.24) is 14.0 Å². The van der Waals surface area contributed by atoms with Crippen LogP contribution in [0, 0.1) is 5.92 Å². The molecule has 0 radical (unpaired) electrons. The first-order chi connectivity index (χ1) is 12.9. The highest BCUT2D eigenvalue weighted by molar-refractivity contribution is 5.81. The molecule has 0 bridgehead atoms. The van der Waals surface area contributed by atoms with Crippen LogP contribution in [0.5, 0.6) is 0 Å². The monoisotopic (exact) mass is 373 g/mol. The number of amides is 1. The minimum absolute atomic E-state index is 0.0428. The maximum atomic E-state index is 13.0. The highest BCUT2D eigenvalue weighted by atomic mass is 16.2. The Bertz CT molecular complexity index is 896. The summed E-state index contributed by atoms with van der Waals surface area (Å²) in [6, 6.07) is 7.03. The summed E-state index contributed by atoms with van der Waals surface area (Å²) in [7, 11) is 0. The smallest absolute Gasteiger partial charge is 0.331 e. The van der Waals surface area contributed by atoms with E-state index >= 15 is 0 Å². The third kappa shape index (κ3) is 4.87. The molecule has 1 amide bonds. The summed E-state index contributed by atoms with van der Waals surface area (Å²) in [6.45, 7) is 9.76. The Morgan fingerprint density at radius 2 is 1.81 bits per heavy atom. The second-order valence-electron chi connectivity index (χ2n) is 7.35. The number of benzene rings is 1. The molecule has 6 heteroatoms. The minimum atomic E-state index is -0.403. The van der Waals surface area contributed by atoms with Gasteiger partial charge >= 0.3 is 5.69 Å². The van der Waals surface area contributed by atoms with E-state index in [0.717, 1.165) is 19.3 Å². The van der Waals surface area contributed by atoms with E-state index in [0.29, 0.717) is 36.5 Å². The molecule has 0 unspecified atom stereocenters. The number of carbonyl (C=O) groups is 1. The molecular formula is C21H31N3O3. The van der Waals surface area contributed by atoms with Crippen molar-refractivity contribution in [2.24, 2.45) is 5.92 Å². The zero-order chi connectivity index (χ0) is 20.0. The highest BCUT2D eigenvalue weighted by Gasteiger charge is 2.18. The van der Waals surface area contributed by atoms with E-state index in [2.05, 4.69) is 20.8 Å². The van der Waals surface area contributed by atoms with Crippen LogP contribution in [0.15, 0.2) is 33.9 Å². The molecule has 1 aromatic heterocycles. The summed E-state index contributed by atoms with van der Waals surface area (Å²) in [5, 5.41) is 0.477. The molecular weight excluding hydrogens is 342 g/mol. The fourth-order valence-corrected chi connectivity index (χ4v) is 3.15. The molecule has 2 aromatic rings. The Balaban J connectivity index is 2.50. The van der Waals surface area contributed by atoms with Crippen molar-refractivity contribution in [3.63, 3.8) is 0 Å². The average Bonchev–Trinajstić information content (AvgIpc) is 2.65. The van der Waals surface area contributed by atoms with Crippen molar-refractivity contribution >= 4 is 16.8 Å². The van der Waals surface area contributed by atoms with Gasteiger partial charge in [0.2, 0.25) is 5.91 Å². The van der Waals surface area contributed by atoms with Gasteiger partial charge in [-0.1, -0.05) is 39.3 Å². The van der Waals surface area contributed by atoms with Crippen LogP contribution >= 0.6 is 0 Å². The predicted octanol–water partition coefficient (Wildman–Crippen LogP) is 2.86. The quantitative estimate of drug-likeness (QED) is 0.679. The van der Waals surface area contributed by atoms with Gasteiger partial charge in [0.1, 0.15) is 6.54 Å². The lowest BCUT2D eigenvalue weighted by atomic mass is 10.1. The first-order valence-electron chi connectivity index (χ1n) is 9.90. The number of aromatic nitrogens is 2. The van der Waals surface area contributed by atoms with Gasteiger partial charge in [-0.15, -0.1) is 0 Å². The van der Waals surface area contributed by atoms with Gasteiger partial charge in [-0.25, -0.2) is 4.79 Å². The van der Waals surface area contributed by atoms with Gasteiger partial charge in [-0.05, 0) is 37.8 Å². The molecule has 0 spiro atoms. The molecule has 6 nitrogen and oxygen atoms in total. The molecule has 2 rings (SSSR count). The average molecular weight is 373 g/mol. The normalized spacial score (nSPS) is 11.3. The molecule has 0 N–H and O–H groups in total. The topological polar surface area (TPSA) is 64.3 Å². The van der Waals surface area contributed by atoms with Crippen LogP contribution in [0.4, 0.5) is 0 Å². The molecule has 27 heavy (non-hydrogen) atoms. The van der Waals surface area contributed by atoms with Gasteiger partial charge in [0.25, 0.3) is 5.56 Å². The number of hydrogen-bond acceptors (Lipinski definition) is 3. The first kappa shape index (κ1) is 20.9. The van der Waals surface area contributed by atoms with Crippen LogP contribution in [-0.2, 0) is 17.9 Å². The summed E-state index contributed by atoms with van der Waals surface area (Å²) in [6.07, 6.45) is 2.68. The van der Waals surface area contributed by atoms with Crippen molar-refractivity contribution in [2.45, 2.75) is 60.0 Å². The van der Waals surface area contributed by atoms with Crippen LogP contribution in [0.1, 0.15) is 47.0 Å². The van der Waals surface area contributed by atoms with Gasteiger partial charge in [0.05, 0.1) is 10.9 Å². The molecule has 1 heterocycles. The van der Waals surface area contributed by atoms with Gasteiger partial charge in [-0.3, -0.25) is 18.7 Å². The highest BCUT2D eigenvalue weighted by Crippen LogP contribution is 2.09. The lowest BCUT2D eigenvalue weighted by Gasteiger charge is -2.22. The van der Waals surface area contributed by atoms with E-state index in [1.54, 1.807) is 29.2 Å². The fraction of sp³-hybridized carbons (Fsp3) is 0.571. The standard InChI is InChI=1S/C21H31N3O3/c1-5-7-13-22(6-2)19(25)15-24-18-11-9-8-10-17(18)20(26)23(21(24)27)14-12-16(3)4/h8-11,16H,5-7,12-15H2,1-4H3. The molecule has 0 saturated carbocycles. The van der Waals surface area contributed by atoms with Crippen LogP contribution in [0.3, 0.4) is 0 Å². The summed E-state index contributed by atoms with van der Waals surface area (Å²) >= 11 is 0. The number of para-hydroxylation sites is 1. The second kappa shape index (κ2) is 9.53. The SMILES string of the molecule is CCCCN(CC)C(=O)Cn1c(=O)n(CCC(C)C)c(=O)c2ccccc21. The molecule has 0 fully saturated rings. The maximum Gasteiger partial charge on any atom is 0.331 e. The van der Waals surface area contributed by atoms with E-state index in [9.17, 15) is 14.4 Å². The van der Waals surface area contributed by atoms with Crippen molar-refractivity contribution < 1.29 is 4.79 Å². The fourth-order valence-electron chi connectivity index (χ4n) is 3.15. The van der Waals surface area contributed by atoms with Gasteiger partial charge in [0.15, 0.2) is 0 Å². The Morgan fingerprint density at radius 1 is 1.11 bits per heavy atom. The van der Waals surface area contributed by atoms with E-state index in [4.69, 9.17) is 0 Å². The van der Waals surface area contributed by atoms with Crippen LogP contribution in [0.25, 0.3) is 10.9 Å². The first-order valence-corrected chi connectivity index (χ1v) is 9.90. The second-order valence-corrected chi connectivity index (χ2v) is 7.35. The summed E-state index contributed by atoms with van der Waals surface area (Å²) in [5.41, 5.74) is -0.161. The van der Waals surface area contributed by atoms with Crippen LogP contribution in [0.2, 0.25) is 0 Å². The number of rotatable bonds is 9. The number of unbranched alkanes of at least 4 members (excludes halogenated alkanes) is 1. The van der Waals surface area contributed by atoms with E-state index in [1.807, 2.05) is 6.92 Å². The lowest BCUT2D eigenvalue weighted by molar-refractivity contribution is -0.131. The van der Waals surface area contributed by atoms with Crippen molar-refractivity contribution in [3.8, 4) is 0 Å². The molecule has 0 aliphatic rings. The molecule has 0 aliphatic carbocycles. The van der Waals surface area contributed by atoms with Crippen LogP contribution < -0.4 is 11.2 Å². The van der Waals surface area contributed by atoms with E-state index in [1.165, 1.54) is 9.13 Å². The van der Waals surface area contributed by atoms with Crippen molar-refractivity contribution in [2.75, 3.05) is 13.1 Å². The predicted molar refractivity (Wildman–Crippen MR) is 109 cm³/mol. The Labute approximate surface area is 160 Å². The molecule has 0 atom stereocenters. The van der Waals surface area contributed by atoms with Crippen LogP contribution in [-0.4, -0.2) is 33.0 Å². The molecule has 148 valence electrons. The number of likely N-dealkylation sites (N-methyl/N-ethyl adjacent to an activating group) is 1. The third-order valence-electron chi connectivity index (χ3n) is 4.87. The zero-order valence-electron chi connectivity index (χ0n) is 16.9. The molecule has 0 saturated heterocycles. The number of nitrogens with zero attached hydrogens (tertiary/aromatic N) is 3. The van der Waals surface area contributed by atoms with Gasteiger partial charge in [0, 0.05) is 19.6 Å².